The Morgan fingerprint density at radius 1 is 0.667 bits per heavy atom. The molecule has 0 saturated heterocycles. The standard InChI is InChI=1S/C31H61NO4/c1-3-5-7-9-11-13-14-15-16-18-20-22-24-26-30(35)32-28(27-33)31(36)29(34)25-23-21-19-17-12-10-8-6-4-2/h15-16,28-29,31,33-34,36H,3-14,17-27H2,1-2H3,(H,32,35)/b16-15-. The molecule has 0 aromatic heterocycles. The molecule has 0 aromatic carbocycles. The van der Waals surface area contributed by atoms with Crippen LogP contribution in [0.3, 0.4) is 0 Å². The van der Waals surface area contributed by atoms with Crippen LogP contribution in [0.2, 0.25) is 0 Å². The zero-order valence-electron chi connectivity index (χ0n) is 23.9. The van der Waals surface area contributed by atoms with E-state index in [1.165, 1.54) is 83.5 Å². The van der Waals surface area contributed by atoms with Gasteiger partial charge in [-0.1, -0.05) is 122 Å². The number of aliphatic hydroxyl groups is 3. The maximum absolute atomic E-state index is 12.2. The van der Waals surface area contributed by atoms with Gasteiger partial charge in [0.15, 0.2) is 0 Å². The highest BCUT2D eigenvalue weighted by Crippen LogP contribution is 2.14. The number of hydrogen-bond acceptors (Lipinski definition) is 4. The van der Waals surface area contributed by atoms with Crippen molar-refractivity contribution in [2.24, 2.45) is 0 Å². The number of rotatable bonds is 27. The fourth-order valence-electron chi connectivity index (χ4n) is 4.62. The van der Waals surface area contributed by atoms with Crippen LogP contribution in [0.4, 0.5) is 0 Å². The molecule has 0 saturated carbocycles. The van der Waals surface area contributed by atoms with Gasteiger partial charge in [0, 0.05) is 6.42 Å². The van der Waals surface area contributed by atoms with Crippen molar-refractivity contribution in [2.45, 2.75) is 173 Å². The summed E-state index contributed by atoms with van der Waals surface area (Å²) < 4.78 is 0. The molecular formula is C31H61NO4. The third-order valence-corrected chi connectivity index (χ3v) is 7.12. The van der Waals surface area contributed by atoms with E-state index in [0.29, 0.717) is 12.8 Å². The maximum atomic E-state index is 12.2. The van der Waals surface area contributed by atoms with Gasteiger partial charge in [-0.2, -0.15) is 0 Å². The third-order valence-electron chi connectivity index (χ3n) is 7.12. The Hall–Kier alpha value is -0.910. The Morgan fingerprint density at radius 2 is 1.11 bits per heavy atom. The predicted octanol–water partition coefficient (Wildman–Crippen LogP) is 7.36. The Bertz CT molecular complexity index is 497. The molecule has 0 rings (SSSR count). The number of nitrogens with one attached hydrogen (secondary N) is 1. The van der Waals surface area contributed by atoms with E-state index in [0.717, 1.165) is 44.9 Å². The molecule has 0 fully saturated rings. The largest absolute Gasteiger partial charge is 0.394 e. The first-order valence-electron chi connectivity index (χ1n) is 15.5. The fourth-order valence-corrected chi connectivity index (χ4v) is 4.62. The summed E-state index contributed by atoms with van der Waals surface area (Å²) >= 11 is 0. The summed E-state index contributed by atoms with van der Waals surface area (Å²) in [6.45, 7) is 4.10. The average Bonchev–Trinajstić information content (AvgIpc) is 2.88. The van der Waals surface area contributed by atoms with Crippen LogP contribution < -0.4 is 5.32 Å². The van der Waals surface area contributed by atoms with Gasteiger partial charge in [0.2, 0.25) is 5.91 Å². The summed E-state index contributed by atoms with van der Waals surface area (Å²) in [6, 6.07) is -0.809. The second kappa shape index (κ2) is 27.1. The number of unbranched alkanes of at least 4 members (excludes halogenated alkanes) is 17. The van der Waals surface area contributed by atoms with Gasteiger partial charge in [0.05, 0.1) is 18.8 Å². The van der Waals surface area contributed by atoms with Crippen molar-refractivity contribution in [3.8, 4) is 0 Å². The molecule has 3 unspecified atom stereocenters. The van der Waals surface area contributed by atoms with Crippen LogP contribution in [0, 0.1) is 0 Å². The van der Waals surface area contributed by atoms with Crippen molar-refractivity contribution in [2.75, 3.05) is 6.61 Å². The minimum absolute atomic E-state index is 0.165. The third kappa shape index (κ3) is 22.3. The van der Waals surface area contributed by atoms with Crippen molar-refractivity contribution in [3.05, 3.63) is 12.2 Å². The minimum atomic E-state index is -1.13. The van der Waals surface area contributed by atoms with Crippen LogP contribution in [0.1, 0.15) is 155 Å². The predicted molar refractivity (Wildman–Crippen MR) is 153 cm³/mol. The molecule has 36 heavy (non-hydrogen) atoms. The lowest BCUT2D eigenvalue weighted by molar-refractivity contribution is -0.124. The van der Waals surface area contributed by atoms with E-state index in [1.54, 1.807) is 0 Å². The van der Waals surface area contributed by atoms with Gasteiger partial charge in [0.25, 0.3) is 0 Å². The Balaban J connectivity index is 3.79. The van der Waals surface area contributed by atoms with E-state index in [1.807, 2.05) is 0 Å². The number of carbonyl (C=O) groups is 1. The highest BCUT2D eigenvalue weighted by atomic mass is 16.3. The van der Waals surface area contributed by atoms with Gasteiger partial charge in [0.1, 0.15) is 6.10 Å². The van der Waals surface area contributed by atoms with Crippen molar-refractivity contribution in [1.82, 2.24) is 5.32 Å². The summed E-state index contributed by atoms with van der Waals surface area (Å²) in [7, 11) is 0. The SMILES string of the molecule is CCCCCCCC/C=C\CCCCCC(=O)NC(CO)C(O)C(O)CCCCCCCCCCC. The molecule has 1 amide bonds. The minimum Gasteiger partial charge on any atom is -0.394 e. The first-order chi connectivity index (χ1) is 17.6. The highest BCUT2D eigenvalue weighted by molar-refractivity contribution is 5.76. The molecule has 4 N–H and O–H groups in total. The van der Waals surface area contributed by atoms with E-state index in [2.05, 4.69) is 31.3 Å². The Kier molecular flexibility index (Phi) is 26.4. The fraction of sp³-hybridized carbons (Fsp3) is 0.903. The van der Waals surface area contributed by atoms with Gasteiger partial charge < -0.3 is 20.6 Å². The molecule has 0 aliphatic heterocycles. The second-order valence-electron chi connectivity index (χ2n) is 10.7. The average molecular weight is 512 g/mol. The number of allylic oxidation sites excluding steroid dienone is 2. The maximum Gasteiger partial charge on any atom is 0.220 e. The van der Waals surface area contributed by atoms with Crippen LogP contribution in [0.15, 0.2) is 12.2 Å². The van der Waals surface area contributed by atoms with Crippen molar-refractivity contribution in [1.29, 1.82) is 0 Å². The van der Waals surface area contributed by atoms with E-state index >= 15 is 0 Å². The van der Waals surface area contributed by atoms with Crippen LogP contribution in [0.25, 0.3) is 0 Å². The number of carbonyl (C=O) groups excluding carboxylic acids is 1. The molecule has 0 spiro atoms. The molecule has 214 valence electrons. The zero-order valence-corrected chi connectivity index (χ0v) is 23.9. The van der Waals surface area contributed by atoms with Gasteiger partial charge in [-0.25, -0.2) is 0 Å². The first-order valence-corrected chi connectivity index (χ1v) is 15.5. The van der Waals surface area contributed by atoms with Crippen molar-refractivity contribution < 1.29 is 20.1 Å². The van der Waals surface area contributed by atoms with E-state index in [-0.39, 0.29) is 12.5 Å². The number of amides is 1. The first kappa shape index (κ1) is 35.1. The molecule has 0 aliphatic rings. The molecule has 0 radical (unpaired) electrons. The van der Waals surface area contributed by atoms with E-state index in [9.17, 15) is 20.1 Å². The molecular weight excluding hydrogens is 450 g/mol. The zero-order chi connectivity index (χ0) is 26.7. The number of hydrogen-bond donors (Lipinski definition) is 4. The Morgan fingerprint density at radius 3 is 1.61 bits per heavy atom. The van der Waals surface area contributed by atoms with E-state index < -0.39 is 18.2 Å². The molecule has 3 atom stereocenters. The van der Waals surface area contributed by atoms with Crippen LogP contribution in [-0.2, 0) is 4.79 Å². The van der Waals surface area contributed by atoms with Crippen molar-refractivity contribution in [3.63, 3.8) is 0 Å². The van der Waals surface area contributed by atoms with Crippen LogP contribution in [0.5, 0.6) is 0 Å². The van der Waals surface area contributed by atoms with Gasteiger partial charge in [-0.3, -0.25) is 4.79 Å². The second-order valence-corrected chi connectivity index (χ2v) is 10.7. The summed E-state index contributed by atoms with van der Waals surface area (Å²) in [5, 5.41) is 33.0. The van der Waals surface area contributed by atoms with Crippen molar-refractivity contribution >= 4 is 5.91 Å². The van der Waals surface area contributed by atoms with Gasteiger partial charge in [-0.15, -0.1) is 0 Å². The molecule has 0 aromatic rings. The smallest absolute Gasteiger partial charge is 0.220 e. The summed E-state index contributed by atoms with van der Waals surface area (Å²) in [5.41, 5.74) is 0. The lowest BCUT2D eigenvalue weighted by atomic mass is 9.99. The summed E-state index contributed by atoms with van der Waals surface area (Å²) in [6.07, 6.45) is 27.3. The molecule has 0 aliphatic carbocycles. The molecule has 0 heterocycles. The van der Waals surface area contributed by atoms with Gasteiger partial charge >= 0.3 is 0 Å². The van der Waals surface area contributed by atoms with Crippen LogP contribution >= 0.6 is 0 Å². The topological polar surface area (TPSA) is 89.8 Å². The molecule has 5 nitrogen and oxygen atoms in total. The lowest BCUT2D eigenvalue weighted by Crippen LogP contribution is -2.50. The lowest BCUT2D eigenvalue weighted by Gasteiger charge is -2.26. The normalized spacial score (nSPS) is 14.2. The van der Waals surface area contributed by atoms with Crippen LogP contribution in [-0.4, -0.2) is 46.1 Å². The molecule has 0 bridgehead atoms. The van der Waals surface area contributed by atoms with E-state index in [4.69, 9.17) is 0 Å². The Labute approximate surface area is 223 Å². The quantitative estimate of drug-likeness (QED) is 0.0685. The number of aliphatic hydroxyl groups excluding tert-OH is 3. The van der Waals surface area contributed by atoms with Gasteiger partial charge in [-0.05, 0) is 38.5 Å². The highest BCUT2D eigenvalue weighted by Gasteiger charge is 2.26. The summed E-state index contributed by atoms with van der Waals surface area (Å²) in [4.78, 5) is 12.2. The molecule has 5 heteroatoms. The summed E-state index contributed by atoms with van der Waals surface area (Å²) in [5.74, 6) is -0.165. The monoisotopic (exact) mass is 511 g/mol.